The minimum absolute atomic E-state index is 0.284. The van der Waals surface area contributed by atoms with E-state index in [2.05, 4.69) is 4.98 Å². The van der Waals surface area contributed by atoms with Crippen molar-refractivity contribution in [2.24, 2.45) is 0 Å². The molecule has 0 N–H and O–H groups in total. The van der Waals surface area contributed by atoms with Gasteiger partial charge in [0.05, 0.1) is 6.61 Å². The molecule has 0 amide bonds. The highest BCUT2D eigenvalue weighted by atomic mass is 16.6. The van der Waals surface area contributed by atoms with Crippen molar-refractivity contribution >= 4 is 16.7 Å². The molecular formula is C15H17NO3. The summed E-state index contributed by atoms with van der Waals surface area (Å²) in [5, 5.41) is 1.78. The zero-order valence-electron chi connectivity index (χ0n) is 11.1. The standard InChI is InChI=1S/C15H17NO3/c1-3-18-10-11(2)19-15(17)14-13-7-5-4-6-12(13)8-9-16-14/h4-9,11H,3,10H2,1-2H3. The molecular weight excluding hydrogens is 242 g/mol. The molecule has 100 valence electrons. The van der Waals surface area contributed by atoms with E-state index in [9.17, 15) is 4.79 Å². The summed E-state index contributed by atoms with van der Waals surface area (Å²) in [6, 6.07) is 9.48. The van der Waals surface area contributed by atoms with Gasteiger partial charge in [-0.2, -0.15) is 0 Å². The molecule has 1 heterocycles. The lowest BCUT2D eigenvalue weighted by Crippen LogP contribution is -2.21. The Morgan fingerprint density at radius 3 is 2.89 bits per heavy atom. The quantitative estimate of drug-likeness (QED) is 0.775. The third-order valence-corrected chi connectivity index (χ3v) is 2.73. The van der Waals surface area contributed by atoms with Gasteiger partial charge in [0.25, 0.3) is 0 Å². The lowest BCUT2D eigenvalue weighted by Gasteiger charge is -2.13. The maximum atomic E-state index is 12.1. The molecule has 1 aromatic carbocycles. The lowest BCUT2D eigenvalue weighted by atomic mass is 10.1. The highest BCUT2D eigenvalue weighted by Gasteiger charge is 2.16. The number of rotatable bonds is 5. The number of aromatic nitrogens is 1. The minimum Gasteiger partial charge on any atom is -0.455 e. The van der Waals surface area contributed by atoms with Gasteiger partial charge in [-0.15, -0.1) is 0 Å². The van der Waals surface area contributed by atoms with Crippen molar-refractivity contribution in [3.8, 4) is 0 Å². The summed E-state index contributed by atoms with van der Waals surface area (Å²) in [6.45, 7) is 4.71. The van der Waals surface area contributed by atoms with Crippen molar-refractivity contribution < 1.29 is 14.3 Å². The Morgan fingerprint density at radius 1 is 1.32 bits per heavy atom. The van der Waals surface area contributed by atoms with Gasteiger partial charge < -0.3 is 9.47 Å². The summed E-state index contributed by atoms with van der Waals surface area (Å²) < 4.78 is 10.5. The molecule has 0 aliphatic rings. The van der Waals surface area contributed by atoms with Crippen LogP contribution in [0.4, 0.5) is 0 Å². The van der Waals surface area contributed by atoms with Gasteiger partial charge in [0, 0.05) is 18.2 Å². The lowest BCUT2D eigenvalue weighted by molar-refractivity contribution is 0.00407. The summed E-state index contributed by atoms with van der Waals surface area (Å²) in [7, 11) is 0. The zero-order chi connectivity index (χ0) is 13.7. The van der Waals surface area contributed by atoms with Crippen molar-refractivity contribution in [3.63, 3.8) is 0 Å². The van der Waals surface area contributed by atoms with Crippen LogP contribution in [0.5, 0.6) is 0 Å². The largest absolute Gasteiger partial charge is 0.455 e. The number of hydrogen-bond acceptors (Lipinski definition) is 4. The highest BCUT2D eigenvalue weighted by molar-refractivity contribution is 6.02. The zero-order valence-corrected chi connectivity index (χ0v) is 11.1. The Balaban J connectivity index is 2.17. The second kappa shape index (κ2) is 6.29. The molecule has 0 bridgehead atoms. The first-order valence-electron chi connectivity index (χ1n) is 6.35. The van der Waals surface area contributed by atoms with E-state index in [4.69, 9.17) is 9.47 Å². The number of hydrogen-bond donors (Lipinski definition) is 0. The number of pyridine rings is 1. The first-order valence-corrected chi connectivity index (χ1v) is 6.35. The molecule has 2 rings (SSSR count). The summed E-state index contributed by atoms with van der Waals surface area (Å²) in [4.78, 5) is 16.2. The van der Waals surface area contributed by atoms with Crippen LogP contribution in [0.3, 0.4) is 0 Å². The number of ether oxygens (including phenoxy) is 2. The van der Waals surface area contributed by atoms with Crippen LogP contribution in [0.25, 0.3) is 10.8 Å². The molecule has 0 fully saturated rings. The molecule has 1 unspecified atom stereocenters. The van der Waals surface area contributed by atoms with Crippen LogP contribution in [0.15, 0.2) is 36.5 Å². The van der Waals surface area contributed by atoms with Crippen molar-refractivity contribution in [3.05, 3.63) is 42.2 Å². The van der Waals surface area contributed by atoms with Crippen LogP contribution in [-0.2, 0) is 9.47 Å². The van der Waals surface area contributed by atoms with Crippen LogP contribution >= 0.6 is 0 Å². The molecule has 19 heavy (non-hydrogen) atoms. The van der Waals surface area contributed by atoms with Crippen LogP contribution in [0, 0.1) is 0 Å². The average molecular weight is 259 g/mol. The predicted octanol–water partition coefficient (Wildman–Crippen LogP) is 2.82. The third-order valence-electron chi connectivity index (χ3n) is 2.73. The van der Waals surface area contributed by atoms with Gasteiger partial charge in [0.2, 0.25) is 0 Å². The third kappa shape index (κ3) is 3.29. The van der Waals surface area contributed by atoms with Crippen molar-refractivity contribution in [1.82, 2.24) is 4.98 Å². The molecule has 1 atom stereocenters. The maximum Gasteiger partial charge on any atom is 0.357 e. The molecule has 0 spiro atoms. The van der Waals surface area contributed by atoms with Gasteiger partial charge in [-0.1, -0.05) is 24.3 Å². The van der Waals surface area contributed by atoms with Gasteiger partial charge in [-0.25, -0.2) is 9.78 Å². The van der Waals surface area contributed by atoms with Gasteiger partial charge in [-0.05, 0) is 25.3 Å². The normalized spacial score (nSPS) is 12.3. The molecule has 0 saturated heterocycles. The molecule has 4 heteroatoms. The molecule has 4 nitrogen and oxygen atoms in total. The summed E-state index contributed by atoms with van der Waals surface area (Å²) >= 11 is 0. The molecule has 1 aromatic heterocycles. The fourth-order valence-corrected chi connectivity index (χ4v) is 1.84. The second-order valence-electron chi connectivity index (χ2n) is 4.26. The van der Waals surface area contributed by atoms with E-state index in [-0.39, 0.29) is 6.10 Å². The molecule has 0 saturated carbocycles. The van der Waals surface area contributed by atoms with Gasteiger partial charge in [0.15, 0.2) is 5.69 Å². The van der Waals surface area contributed by atoms with E-state index in [0.717, 1.165) is 10.8 Å². The Morgan fingerprint density at radius 2 is 2.11 bits per heavy atom. The molecule has 2 aromatic rings. The monoisotopic (exact) mass is 259 g/mol. The van der Waals surface area contributed by atoms with Crippen LogP contribution in [0.2, 0.25) is 0 Å². The maximum absolute atomic E-state index is 12.1. The number of nitrogens with zero attached hydrogens (tertiary/aromatic N) is 1. The van der Waals surface area contributed by atoms with E-state index in [1.54, 1.807) is 13.1 Å². The molecule has 0 radical (unpaired) electrons. The fourth-order valence-electron chi connectivity index (χ4n) is 1.84. The van der Waals surface area contributed by atoms with Crippen LogP contribution in [-0.4, -0.2) is 30.3 Å². The number of fused-ring (bicyclic) bond motifs is 1. The first-order chi connectivity index (χ1) is 9.22. The number of esters is 1. The first kappa shape index (κ1) is 13.5. The molecule has 0 aliphatic heterocycles. The number of carbonyl (C=O) groups is 1. The SMILES string of the molecule is CCOCC(C)OC(=O)c1nccc2ccccc12. The number of benzene rings is 1. The smallest absolute Gasteiger partial charge is 0.357 e. The molecule has 0 aliphatic carbocycles. The van der Waals surface area contributed by atoms with Crippen LogP contribution in [0.1, 0.15) is 24.3 Å². The van der Waals surface area contributed by atoms with Gasteiger partial charge in [0.1, 0.15) is 6.10 Å². The highest BCUT2D eigenvalue weighted by Crippen LogP contribution is 2.17. The topological polar surface area (TPSA) is 48.4 Å². The van der Waals surface area contributed by atoms with E-state index < -0.39 is 5.97 Å². The predicted molar refractivity (Wildman–Crippen MR) is 73.1 cm³/mol. The Bertz CT molecular complexity index is 563. The van der Waals surface area contributed by atoms with E-state index in [0.29, 0.717) is 18.9 Å². The van der Waals surface area contributed by atoms with E-state index in [1.807, 2.05) is 37.3 Å². The minimum atomic E-state index is -0.413. The van der Waals surface area contributed by atoms with Crippen molar-refractivity contribution in [2.45, 2.75) is 20.0 Å². The Kier molecular flexibility index (Phi) is 4.47. The summed E-state index contributed by atoms with van der Waals surface area (Å²) in [6.07, 6.45) is 1.33. The number of carbonyl (C=O) groups excluding carboxylic acids is 1. The van der Waals surface area contributed by atoms with Crippen LogP contribution < -0.4 is 0 Å². The summed E-state index contributed by atoms with van der Waals surface area (Å²) in [5.74, 6) is -0.413. The average Bonchev–Trinajstić information content (AvgIpc) is 2.44. The Hall–Kier alpha value is -1.94. The van der Waals surface area contributed by atoms with Crippen molar-refractivity contribution in [1.29, 1.82) is 0 Å². The van der Waals surface area contributed by atoms with Gasteiger partial charge >= 0.3 is 5.97 Å². The second-order valence-corrected chi connectivity index (χ2v) is 4.26. The van der Waals surface area contributed by atoms with Gasteiger partial charge in [-0.3, -0.25) is 0 Å². The van der Waals surface area contributed by atoms with E-state index in [1.165, 1.54) is 0 Å². The Labute approximate surface area is 112 Å². The van der Waals surface area contributed by atoms with E-state index >= 15 is 0 Å². The summed E-state index contributed by atoms with van der Waals surface area (Å²) in [5.41, 5.74) is 0.349. The fraction of sp³-hybridized carbons (Fsp3) is 0.333. The van der Waals surface area contributed by atoms with Crippen molar-refractivity contribution in [2.75, 3.05) is 13.2 Å².